The standard InChI is InChI=1S/C63H96O6/c1-4-7-10-13-16-18-20-22-24-26-28-30-31-33-34-36-38-40-42-44-47-50-53-56-62(65)68-59-60(58-67-61(64)55-52-49-46-15-12-9-6-3)69-63(66)57-54-51-48-45-43-41-39-37-35-32-29-27-25-23-21-19-17-14-11-8-5-2/h7-8,10-11,16-19,22-25,28-30,32-34,37-40,43-45,47,60H,4-6,9,12-15,20-21,26-27,31,35-36,41-42,46,48-59H2,1-3H3/b10-7-,11-8-,18-16-,19-17-,24-22-,25-23-,30-28-,32-29-,34-33-,39-37-,40-38-,45-43-,47-44-. The van der Waals surface area contributed by atoms with Crippen LogP contribution >= 0.6 is 0 Å². The van der Waals surface area contributed by atoms with Gasteiger partial charge < -0.3 is 14.2 Å². The Morgan fingerprint density at radius 2 is 0.580 bits per heavy atom. The highest BCUT2D eigenvalue weighted by Crippen LogP contribution is 2.11. The van der Waals surface area contributed by atoms with Crippen LogP contribution in [-0.4, -0.2) is 37.2 Å². The lowest BCUT2D eigenvalue weighted by Gasteiger charge is -2.18. The fourth-order valence-corrected chi connectivity index (χ4v) is 6.55. The van der Waals surface area contributed by atoms with Crippen LogP contribution in [0.1, 0.15) is 201 Å². The van der Waals surface area contributed by atoms with Crippen molar-refractivity contribution in [2.45, 2.75) is 207 Å². The molecule has 0 N–H and O–H groups in total. The van der Waals surface area contributed by atoms with E-state index in [2.05, 4.69) is 179 Å². The molecule has 0 amide bonds. The fourth-order valence-electron chi connectivity index (χ4n) is 6.55. The number of hydrogen-bond donors (Lipinski definition) is 0. The van der Waals surface area contributed by atoms with E-state index >= 15 is 0 Å². The average molecular weight is 949 g/mol. The number of carbonyl (C=O) groups is 3. The maximum Gasteiger partial charge on any atom is 0.306 e. The molecule has 1 atom stereocenters. The molecule has 0 aliphatic carbocycles. The van der Waals surface area contributed by atoms with Gasteiger partial charge in [0, 0.05) is 19.3 Å². The first-order valence-corrected chi connectivity index (χ1v) is 27.0. The van der Waals surface area contributed by atoms with Crippen molar-refractivity contribution < 1.29 is 28.6 Å². The molecular formula is C63H96O6. The third-order valence-electron chi connectivity index (χ3n) is 10.5. The van der Waals surface area contributed by atoms with Gasteiger partial charge in [0.05, 0.1) is 0 Å². The number of hydrogen-bond acceptors (Lipinski definition) is 6. The van der Waals surface area contributed by atoms with Gasteiger partial charge in [-0.05, 0) is 122 Å². The first-order chi connectivity index (χ1) is 34.0. The lowest BCUT2D eigenvalue weighted by Crippen LogP contribution is -2.30. The Balaban J connectivity index is 4.46. The monoisotopic (exact) mass is 949 g/mol. The molecular weight excluding hydrogens is 853 g/mol. The summed E-state index contributed by atoms with van der Waals surface area (Å²) >= 11 is 0. The number of allylic oxidation sites excluding steroid dienone is 26. The van der Waals surface area contributed by atoms with E-state index in [0.29, 0.717) is 19.3 Å². The zero-order valence-electron chi connectivity index (χ0n) is 43.8. The van der Waals surface area contributed by atoms with Gasteiger partial charge in [0.25, 0.3) is 0 Å². The van der Waals surface area contributed by atoms with Crippen LogP contribution in [0.2, 0.25) is 0 Å². The molecule has 0 aliphatic rings. The van der Waals surface area contributed by atoms with Crippen molar-refractivity contribution in [1.82, 2.24) is 0 Å². The second kappa shape index (κ2) is 55.6. The Labute approximate surface area is 422 Å². The summed E-state index contributed by atoms with van der Waals surface area (Å²) in [7, 11) is 0. The average Bonchev–Trinajstić information content (AvgIpc) is 3.35. The van der Waals surface area contributed by atoms with E-state index in [-0.39, 0.29) is 44.0 Å². The van der Waals surface area contributed by atoms with Crippen LogP contribution in [0.3, 0.4) is 0 Å². The Morgan fingerprint density at radius 1 is 0.304 bits per heavy atom. The van der Waals surface area contributed by atoms with Gasteiger partial charge in [-0.3, -0.25) is 14.4 Å². The molecule has 0 radical (unpaired) electrons. The highest BCUT2D eigenvalue weighted by atomic mass is 16.6. The molecule has 0 aromatic heterocycles. The zero-order valence-corrected chi connectivity index (χ0v) is 43.8. The molecule has 0 bridgehead atoms. The lowest BCUT2D eigenvalue weighted by molar-refractivity contribution is -0.167. The molecule has 0 aromatic carbocycles. The van der Waals surface area contributed by atoms with Gasteiger partial charge in [0.2, 0.25) is 0 Å². The van der Waals surface area contributed by atoms with Crippen LogP contribution in [-0.2, 0) is 28.6 Å². The van der Waals surface area contributed by atoms with Gasteiger partial charge in [-0.25, -0.2) is 0 Å². The SMILES string of the molecule is CC/C=C\C/C=C\C/C=C\C/C=C\C/C=C\C/C=C\C/C=C\CCCC(=O)OCC(COC(=O)CCCCCCCCC)OC(=O)CCCC/C=C\C/C=C\C/C=C\C/C=C\C/C=C\C/C=C\CC. The summed E-state index contributed by atoms with van der Waals surface area (Å²) in [6, 6.07) is 0. The number of esters is 3. The minimum absolute atomic E-state index is 0.121. The van der Waals surface area contributed by atoms with Crippen molar-refractivity contribution >= 4 is 17.9 Å². The first kappa shape index (κ1) is 64.0. The maximum atomic E-state index is 12.8. The Morgan fingerprint density at radius 3 is 0.942 bits per heavy atom. The molecule has 0 aliphatic heterocycles. The van der Waals surface area contributed by atoms with Crippen LogP contribution in [0.5, 0.6) is 0 Å². The summed E-state index contributed by atoms with van der Waals surface area (Å²) in [6.07, 6.45) is 81.1. The number of ether oxygens (including phenoxy) is 3. The summed E-state index contributed by atoms with van der Waals surface area (Å²) < 4.78 is 16.7. The summed E-state index contributed by atoms with van der Waals surface area (Å²) in [5.74, 6) is -1.05. The summed E-state index contributed by atoms with van der Waals surface area (Å²) in [5, 5.41) is 0. The normalized spacial score (nSPS) is 13.4. The van der Waals surface area contributed by atoms with Crippen molar-refractivity contribution in [1.29, 1.82) is 0 Å². The van der Waals surface area contributed by atoms with E-state index in [9.17, 15) is 14.4 Å². The largest absolute Gasteiger partial charge is 0.462 e. The van der Waals surface area contributed by atoms with E-state index in [1.807, 2.05) is 0 Å². The van der Waals surface area contributed by atoms with Crippen LogP contribution in [0.15, 0.2) is 158 Å². The van der Waals surface area contributed by atoms with Crippen LogP contribution < -0.4 is 0 Å². The van der Waals surface area contributed by atoms with E-state index in [1.54, 1.807) is 0 Å². The smallest absolute Gasteiger partial charge is 0.306 e. The Hall–Kier alpha value is -4.97. The molecule has 1 unspecified atom stereocenters. The van der Waals surface area contributed by atoms with Crippen LogP contribution in [0.25, 0.3) is 0 Å². The summed E-state index contributed by atoms with van der Waals surface area (Å²) in [4.78, 5) is 37.9. The third-order valence-corrected chi connectivity index (χ3v) is 10.5. The molecule has 0 rings (SSSR count). The predicted octanol–water partition coefficient (Wildman–Crippen LogP) is 18.2. The van der Waals surface area contributed by atoms with Gasteiger partial charge in [0.15, 0.2) is 6.10 Å². The molecule has 6 nitrogen and oxygen atoms in total. The number of carbonyl (C=O) groups excluding carboxylic acids is 3. The van der Waals surface area contributed by atoms with Gasteiger partial charge in [-0.15, -0.1) is 0 Å². The van der Waals surface area contributed by atoms with Gasteiger partial charge in [0.1, 0.15) is 13.2 Å². The lowest BCUT2D eigenvalue weighted by atomic mass is 10.1. The molecule has 0 spiro atoms. The van der Waals surface area contributed by atoms with Crippen molar-refractivity contribution in [3.05, 3.63) is 158 Å². The second-order valence-corrected chi connectivity index (χ2v) is 17.0. The Bertz CT molecular complexity index is 1610. The fraction of sp³-hybridized carbons (Fsp3) is 0.540. The number of rotatable bonds is 46. The van der Waals surface area contributed by atoms with Gasteiger partial charge >= 0.3 is 17.9 Å². The van der Waals surface area contributed by atoms with E-state index < -0.39 is 6.10 Å². The van der Waals surface area contributed by atoms with Crippen LogP contribution in [0, 0.1) is 0 Å². The second-order valence-electron chi connectivity index (χ2n) is 17.0. The predicted molar refractivity (Wildman–Crippen MR) is 297 cm³/mol. The Kier molecular flexibility index (Phi) is 51.6. The van der Waals surface area contributed by atoms with E-state index in [0.717, 1.165) is 122 Å². The molecule has 384 valence electrons. The van der Waals surface area contributed by atoms with Crippen LogP contribution in [0.4, 0.5) is 0 Å². The van der Waals surface area contributed by atoms with Crippen molar-refractivity contribution in [3.63, 3.8) is 0 Å². The zero-order chi connectivity index (χ0) is 50.0. The van der Waals surface area contributed by atoms with E-state index in [1.165, 1.54) is 25.7 Å². The van der Waals surface area contributed by atoms with Crippen molar-refractivity contribution in [3.8, 4) is 0 Å². The topological polar surface area (TPSA) is 78.9 Å². The minimum atomic E-state index is -0.830. The molecule has 0 saturated heterocycles. The molecule has 0 saturated carbocycles. The minimum Gasteiger partial charge on any atom is -0.462 e. The molecule has 69 heavy (non-hydrogen) atoms. The molecule has 6 heteroatoms. The maximum absolute atomic E-state index is 12.8. The first-order valence-electron chi connectivity index (χ1n) is 27.0. The number of unbranched alkanes of at least 4 members (excludes halogenated alkanes) is 9. The summed E-state index contributed by atoms with van der Waals surface area (Å²) in [6.45, 7) is 6.25. The molecule has 0 heterocycles. The quantitative estimate of drug-likeness (QED) is 0.0262. The molecule has 0 fully saturated rings. The highest BCUT2D eigenvalue weighted by Gasteiger charge is 2.19. The van der Waals surface area contributed by atoms with Gasteiger partial charge in [-0.1, -0.05) is 217 Å². The van der Waals surface area contributed by atoms with E-state index in [4.69, 9.17) is 14.2 Å². The van der Waals surface area contributed by atoms with Gasteiger partial charge in [-0.2, -0.15) is 0 Å². The van der Waals surface area contributed by atoms with Crippen molar-refractivity contribution in [2.24, 2.45) is 0 Å². The van der Waals surface area contributed by atoms with Crippen molar-refractivity contribution in [2.75, 3.05) is 13.2 Å². The molecule has 0 aromatic rings. The summed E-state index contributed by atoms with van der Waals surface area (Å²) in [5.41, 5.74) is 0. The highest BCUT2D eigenvalue weighted by molar-refractivity contribution is 5.71. The third kappa shape index (κ3) is 53.8.